The van der Waals surface area contributed by atoms with Crippen molar-refractivity contribution in [1.82, 2.24) is 14.7 Å². The second-order valence-corrected chi connectivity index (χ2v) is 7.67. The minimum Gasteiger partial charge on any atom is -0.318 e. The van der Waals surface area contributed by atoms with Crippen molar-refractivity contribution >= 4 is 22.9 Å². The van der Waals surface area contributed by atoms with Crippen LogP contribution in [0.3, 0.4) is 0 Å². The fraction of sp³-hybridized carbons (Fsp3) is 0.263. The van der Waals surface area contributed by atoms with Crippen molar-refractivity contribution in [3.63, 3.8) is 0 Å². The van der Waals surface area contributed by atoms with Gasteiger partial charge in [0, 0.05) is 18.0 Å². The van der Waals surface area contributed by atoms with Crippen molar-refractivity contribution < 1.29 is 9.18 Å². The van der Waals surface area contributed by atoms with Crippen LogP contribution in [0.1, 0.15) is 25.8 Å². The van der Waals surface area contributed by atoms with Gasteiger partial charge < -0.3 is 10.2 Å². The highest BCUT2D eigenvalue weighted by atomic mass is 32.1. The Morgan fingerprint density at radius 3 is 2.85 bits per heavy atom. The van der Waals surface area contributed by atoms with Crippen LogP contribution in [-0.2, 0) is 13.0 Å². The number of carbonyl (C=O) groups is 1. The van der Waals surface area contributed by atoms with E-state index in [0.29, 0.717) is 5.69 Å². The first-order chi connectivity index (χ1) is 12.5. The number of anilines is 1. The van der Waals surface area contributed by atoms with Crippen LogP contribution in [0.5, 0.6) is 0 Å². The van der Waals surface area contributed by atoms with E-state index in [-0.39, 0.29) is 11.7 Å². The Hall–Kier alpha value is -2.51. The number of nitrogens with one attached hydrogen (secondary N) is 1. The van der Waals surface area contributed by atoms with E-state index in [1.807, 2.05) is 13.0 Å². The first-order valence-electron chi connectivity index (χ1n) is 8.43. The van der Waals surface area contributed by atoms with Gasteiger partial charge in [-0.25, -0.2) is 9.07 Å². The van der Waals surface area contributed by atoms with Gasteiger partial charge >= 0.3 is 0 Å². The van der Waals surface area contributed by atoms with Crippen molar-refractivity contribution in [2.24, 2.45) is 0 Å². The molecule has 0 aliphatic carbocycles. The van der Waals surface area contributed by atoms with Gasteiger partial charge in [-0.1, -0.05) is 0 Å². The number of hydrogen-bond acceptors (Lipinski definition) is 4. The molecule has 26 heavy (non-hydrogen) atoms. The maximum absolute atomic E-state index is 13.1. The van der Waals surface area contributed by atoms with Crippen LogP contribution in [-0.4, -0.2) is 34.2 Å². The van der Waals surface area contributed by atoms with Crippen LogP contribution >= 0.6 is 11.3 Å². The first-order valence-corrected chi connectivity index (χ1v) is 9.25. The van der Waals surface area contributed by atoms with Crippen LogP contribution in [0.4, 0.5) is 10.1 Å². The van der Waals surface area contributed by atoms with Gasteiger partial charge in [0.1, 0.15) is 5.82 Å². The van der Waals surface area contributed by atoms with Crippen LogP contribution in [0, 0.1) is 12.7 Å². The van der Waals surface area contributed by atoms with Crippen LogP contribution in [0.2, 0.25) is 0 Å². The zero-order chi connectivity index (χ0) is 18.3. The van der Waals surface area contributed by atoms with Crippen molar-refractivity contribution in [3.05, 3.63) is 63.4 Å². The molecule has 1 N–H and O–H groups in total. The van der Waals surface area contributed by atoms with E-state index in [1.165, 1.54) is 22.6 Å². The summed E-state index contributed by atoms with van der Waals surface area (Å²) in [5.74, 6) is -0.409. The van der Waals surface area contributed by atoms with Crippen LogP contribution < -0.4 is 5.32 Å². The van der Waals surface area contributed by atoms with E-state index in [1.54, 1.807) is 34.3 Å². The molecular formula is C19H19FN4OS. The lowest BCUT2D eigenvalue weighted by molar-refractivity contribution is 0.103. The molecule has 0 atom stereocenters. The summed E-state index contributed by atoms with van der Waals surface area (Å²) in [7, 11) is 2.09. The van der Waals surface area contributed by atoms with Crippen molar-refractivity contribution in [3.8, 4) is 5.69 Å². The molecule has 1 amide bonds. The maximum atomic E-state index is 13.1. The van der Waals surface area contributed by atoms with Gasteiger partial charge in [-0.2, -0.15) is 5.10 Å². The Morgan fingerprint density at radius 1 is 1.31 bits per heavy atom. The molecule has 4 rings (SSSR count). The van der Waals surface area contributed by atoms with Gasteiger partial charge in [-0.3, -0.25) is 4.79 Å². The summed E-state index contributed by atoms with van der Waals surface area (Å²) < 4.78 is 14.8. The molecule has 0 fully saturated rings. The zero-order valence-electron chi connectivity index (χ0n) is 14.6. The molecule has 3 aromatic rings. The molecule has 0 saturated carbocycles. The quantitative estimate of drug-likeness (QED) is 0.766. The number of carbonyl (C=O) groups excluding carboxylic acids is 1. The lowest BCUT2D eigenvalue weighted by Crippen LogP contribution is -2.24. The monoisotopic (exact) mass is 370 g/mol. The topological polar surface area (TPSA) is 50.2 Å². The Labute approximate surface area is 155 Å². The third kappa shape index (κ3) is 3.15. The summed E-state index contributed by atoms with van der Waals surface area (Å²) in [4.78, 5) is 16.9. The van der Waals surface area contributed by atoms with Crippen molar-refractivity contribution in [2.75, 3.05) is 18.9 Å². The molecule has 1 aliphatic rings. The highest BCUT2D eigenvalue weighted by molar-refractivity contribution is 7.14. The summed E-state index contributed by atoms with van der Waals surface area (Å²) >= 11 is 1.55. The number of halogens is 1. The molecule has 1 aliphatic heterocycles. The number of hydrogen-bond donors (Lipinski definition) is 1. The molecule has 0 bridgehead atoms. The van der Waals surface area contributed by atoms with Crippen LogP contribution in [0.25, 0.3) is 5.69 Å². The summed E-state index contributed by atoms with van der Waals surface area (Å²) in [6, 6.07) is 8.10. The van der Waals surface area contributed by atoms with Gasteiger partial charge in [0.15, 0.2) is 0 Å². The van der Waals surface area contributed by atoms with Gasteiger partial charge in [-0.05, 0) is 56.3 Å². The molecule has 0 spiro atoms. The van der Waals surface area contributed by atoms with E-state index in [0.717, 1.165) is 35.8 Å². The third-order valence-electron chi connectivity index (χ3n) is 4.63. The van der Waals surface area contributed by atoms with E-state index >= 15 is 0 Å². The Morgan fingerprint density at radius 2 is 2.08 bits per heavy atom. The number of benzene rings is 1. The fourth-order valence-electron chi connectivity index (χ4n) is 3.12. The highest BCUT2D eigenvalue weighted by Gasteiger charge is 2.20. The minimum absolute atomic E-state index is 0.117. The fourth-order valence-corrected chi connectivity index (χ4v) is 4.31. The van der Waals surface area contributed by atoms with Crippen LogP contribution in [0.15, 0.2) is 36.5 Å². The standard InChI is InChI=1S/C19H19FN4OS/c1-12-16(10-21-24(12)15-5-3-14(20)4-6-15)22-19(25)17-9-13-7-8-23(2)11-18(13)26-17/h3-6,9-10H,7-8,11H2,1-2H3,(H,22,25). The number of thiophene rings is 1. The zero-order valence-corrected chi connectivity index (χ0v) is 15.4. The summed E-state index contributed by atoms with van der Waals surface area (Å²) in [5, 5.41) is 7.26. The van der Waals surface area contributed by atoms with Crippen molar-refractivity contribution in [2.45, 2.75) is 19.9 Å². The van der Waals surface area contributed by atoms with E-state index in [4.69, 9.17) is 0 Å². The highest BCUT2D eigenvalue weighted by Crippen LogP contribution is 2.28. The van der Waals surface area contributed by atoms with E-state index < -0.39 is 0 Å². The molecule has 0 unspecified atom stereocenters. The summed E-state index contributed by atoms with van der Waals surface area (Å²) in [6.07, 6.45) is 2.61. The van der Waals surface area contributed by atoms with Gasteiger partial charge in [0.05, 0.1) is 28.1 Å². The predicted octanol–water partition coefficient (Wildman–Crippen LogP) is 3.62. The van der Waals surface area contributed by atoms with E-state index in [2.05, 4.69) is 22.4 Å². The number of fused-ring (bicyclic) bond motifs is 1. The smallest absolute Gasteiger partial charge is 0.265 e. The second kappa shape index (κ2) is 6.66. The summed E-state index contributed by atoms with van der Waals surface area (Å²) in [6.45, 7) is 3.80. The number of aromatic nitrogens is 2. The number of likely N-dealkylation sites (N-methyl/N-ethyl adjacent to an activating group) is 1. The first kappa shape index (κ1) is 16.9. The molecule has 3 heterocycles. The molecule has 1 aromatic carbocycles. The third-order valence-corrected chi connectivity index (χ3v) is 5.79. The maximum Gasteiger partial charge on any atom is 0.265 e. The molecule has 5 nitrogen and oxygen atoms in total. The number of nitrogens with zero attached hydrogens (tertiary/aromatic N) is 3. The van der Waals surface area contributed by atoms with E-state index in [9.17, 15) is 9.18 Å². The van der Waals surface area contributed by atoms with Crippen molar-refractivity contribution in [1.29, 1.82) is 0 Å². The predicted molar refractivity (Wildman–Crippen MR) is 101 cm³/mol. The Bertz CT molecular complexity index is 961. The number of rotatable bonds is 3. The minimum atomic E-state index is -0.292. The second-order valence-electron chi connectivity index (χ2n) is 6.53. The SMILES string of the molecule is Cc1c(NC(=O)c2cc3c(s2)CN(C)CC3)cnn1-c1ccc(F)cc1. The average molecular weight is 370 g/mol. The molecule has 7 heteroatoms. The molecule has 0 saturated heterocycles. The normalized spacial score (nSPS) is 14.3. The Balaban J connectivity index is 1.54. The van der Waals surface area contributed by atoms with Gasteiger partial charge in [0.2, 0.25) is 0 Å². The largest absolute Gasteiger partial charge is 0.318 e. The molecule has 0 radical (unpaired) electrons. The summed E-state index contributed by atoms with van der Waals surface area (Å²) in [5.41, 5.74) is 3.48. The lowest BCUT2D eigenvalue weighted by atomic mass is 10.1. The number of amides is 1. The molecule has 134 valence electrons. The Kier molecular flexibility index (Phi) is 4.34. The van der Waals surface area contributed by atoms with Gasteiger partial charge in [-0.15, -0.1) is 11.3 Å². The van der Waals surface area contributed by atoms with Gasteiger partial charge in [0.25, 0.3) is 5.91 Å². The lowest BCUT2D eigenvalue weighted by Gasteiger charge is -2.21. The average Bonchev–Trinajstić information content (AvgIpc) is 3.20. The molecule has 2 aromatic heterocycles. The molecular weight excluding hydrogens is 351 g/mol.